The van der Waals surface area contributed by atoms with Crippen LogP contribution in [0.5, 0.6) is 0 Å². The molecule has 1 aliphatic rings. The van der Waals surface area contributed by atoms with Crippen molar-refractivity contribution in [2.45, 2.75) is 18.7 Å². The zero-order chi connectivity index (χ0) is 9.68. The van der Waals surface area contributed by atoms with Gasteiger partial charge in [-0.1, -0.05) is 6.08 Å². The fourth-order valence-corrected chi connectivity index (χ4v) is 1.96. The Hall–Kier alpha value is -0.900. The zero-order valence-corrected chi connectivity index (χ0v) is 8.42. The van der Waals surface area contributed by atoms with Crippen LogP contribution < -0.4 is 0 Å². The summed E-state index contributed by atoms with van der Waals surface area (Å²) in [6.45, 7) is 5.85. The largest absolute Gasteiger partial charge is 0.449 e. The van der Waals surface area contributed by atoms with E-state index in [0.29, 0.717) is 6.61 Å². The number of carbonyl (C=O) groups is 1. The Morgan fingerprint density at radius 3 is 3.23 bits per heavy atom. The van der Waals surface area contributed by atoms with Crippen LogP contribution in [-0.4, -0.2) is 23.0 Å². The van der Waals surface area contributed by atoms with E-state index >= 15 is 0 Å². The SMILES string of the molecule is C=CCC1SC=CN1C(=O)OCC. The average molecular weight is 199 g/mol. The molecule has 1 amide bonds. The summed E-state index contributed by atoms with van der Waals surface area (Å²) in [5, 5.41) is 2.02. The predicted octanol–water partition coefficient (Wildman–Crippen LogP) is 2.57. The van der Waals surface area contributed by atoms with Gasteiger partial charge in [-0.2, -0.15) is 0 Å². The number of hydrogen-bond donors (Lipinski definition) is 0. The molecule has 0 saturated carbocycles. The first-order chi connectivity index (χ1) is 6.29. The molecular formula is C9H13NO2S. The van der Waals surface area contributed by atoms with Crippen LogP contribution in [0.3, 0.4) is 0 Å². The number of rotatable bonds is 3. The maximum Gasteiger partial charge on any atom is 0.414 e. The second kappa shape index (κ2) is 4.97. The van der Waals surface area contributed by atoms with Gasteiger partial charge in [-0.15, -0.1) is 18.3 Å². The fraction of sp³-hybridized carbons (Fsp3) is 0.444. The summed E-state index contributed by atoms with van der Waals surface area (Å²) in [4.78, 5) is 12.9. The molecule has 0 saturated heterocycles. The lowest BCUT2D eigenvalue weighted by atomic mass is 10.4. The average Bonchev–Trinajstić information content (AvgIpc) is 2.54. The normalized spacial score (nSPS) is 20.4. The van der Waals surface area contributed by atoms with Crippen LogP contribution in [0.1, 0.15) is 13.3 Å². The molecule has 4 heteroatoms. The van der Waals surface area contributed by atoms with E-state index in [-0.39, 0.29) is 11.5 Å². The van der Waals surface area contributed by atoms with Crippen molar-refractivity contribution in [3.63, 3.8) is 0 Å². The highest BCUT2D eigenvalue weighted by Gasteiger charge is 2.25. The minimum Gasteiger partial charge on any atom is -0.449 e. The molecule has 1 unspecified atom stereocenters. The summed E-state index contributed by atoms with van der Waals surface area (Å²) < 4.78 is 4.89. The van der Waals surface area contributed by atoms with Crippen LogP contribution in [0.2, 0.25) is 0 Å². The van der Waals surface area contributed by atoms with Crippen molar-refractivity contribution >= 4 is 17.9 Å². The molecule has 3 nitrogen and oxygen atoms in total. The molecule has 0 spiro atoms. The van der Waals surface area contributed by atoms with Gasteiger partial charge in [0.25, 0.3) is 0 Å². The lowest BCUT2D eigenvalue weighted by Gasteiger charge is -2.20. The molecule has 1 aliphatic heterocycles. The zero-order valence-electron chi connectivity index (χ0n) is 7.60. The summed E-state index contributed by atoms with van der Waals surface area (Å²) in [6.07, 6.45) is 4.04. The summed E-state index contributed by atoms with van der Waals surface area (Å²) >= 11 is 1.60. The van der Waals surface area contributed by atoms with E-state index in [2.05, 4.69) is 6.58 Å². The van der Waals surface area contributed by atoms with E-state index in [1.807, 2.05) is 5.41 Å². The highest BCUT2D eigenvalue weighted by Crippen LogP contribution is 2.28. The van der Waals surface area contributed by atoms with Gasteiger partial charge in [-0.05, 0) is 18.8 Å². The maximum absolute atomic E-state index is 11.3. The molecule has 0 aliphatic carbocycles. The summed E-state index contributed by atoms with van der Waals surface area (Å²) in [5.74, 6) is 0. The molecule has 1 rings (SSSR count). The number of carbonyl (C=O) groups excluding carboxylic acids is 1. The maximum atomic E-state index is 11.3. The van der Waals surface area contributed by atoms with Crippen molar-refractivity contribution in [1.82, 2.24) is 4.90 Å². The standard InChI is InChI=1S/C9H13NO2S/c1-3-5-8-10(6-7-13-8)9(11)12-4-2/h3,6-8H,1,4-5H2,2H3. The highest BCUT2D eigenvalue weighted by atomic mass is 32.2. The lowest BCUT2D eigenvalue weighted by Crippen LogP contribution is -2.31. The van der Waals surface area contributed by atoms with Gasteiger partial charge in [0, 0.05) is 6.20 Å². The molecule has 1 heterocycles. The van der Waals surface area contributed by atoms with E-state index < -0.39 is 0 Å². The van der Waals surface area contributed by atoms with E-state index in [1.165, 1.54) is 0 Å². The lowest BCUT2D eigenvalue weighted by molar-refractivity contribution is 0.120. The number of ether oxygens (including phenoxy) is 1. The van der Waals surface area contributed by atoms with Crippen LogP contribution in [0.4, 0.5) is 4.79 Å². The quantitative estimate of drug-likeness (QED) is 0.654. The number of amides is 1. The molecule has 0 aromatic carbocycles. The van der Waals surface area contributed by atoms with Crippen molar-refractivity contribution in [3.05, 3.63) is 24.3 Å². The van der Waals surface area contributed by atoms with Gasteiger partial charge >= 0.3 is 6.09 Å². The first kappa shape index (κ1) is 10.2. The molecule has 0 aromatic rings. The van der Waals surface area contributed by atoms with Crippen LogP contribution in [0.15, 0.2) is 24.3 Å². The van der Waals surface area contributed by atoms with Crippen molar-refractivity contribution in [1.29, 1.82) is 0 Å². The van der Waals surface area contributed by atoms with Crippen molar-refractivity contribution in [3.8, 4) is 0 Å². The highest BCUT2D eigenvalue weighted by molar-refractivity contribution is 8.02. The van der Waals surface area contributed by atoms with Gasteiger partial charge in [0.1, 0.15) is 0 Å². The Balaban J connectivity index is 2.51. The minimum absolute atomic E-state index is 0.122. The molecule has 0 bridgehead atoms. The van der Waals surface area contributed by atoms with E-state index in [9.17, 15) is 4.79 Å². The molecule has 0 fully saturated rings. The minimum atomic E-state index is -0.282. The molecule has 72 valence electrons. The van der Waals surface area contributed by atoms with Gasteiger partial charge in [-0.3, -0.25) is 4.90 Å². The Morgan fingerprint density at radius 2 is 2.62 bits per heavy atom. The van der Waals surface area contributed by atoms with Crippen molar-refractivity contribution in [2.75, 3.05) is 6.61 Å². The van der Waals surface area contributed by atoms with E-state index in [4.69, 9.17) is 4.74 Å². The molecule has 0 aromatic heterocycles. The summed E-state index contributed by atoms with van der Waals surface area (Å²) in [5.41, 5.74) is 0. The van der Waals surface area contributed by atoms with Gasteiger partial charge in [0.15, 0.2) is 0 Å². The first-order valence-corrected chi connectivity index (χ1v) is 5.12. The monoisotopic (exact) mass is 199 g/mol. The van der Waals surface area contributed by atoms with E-state index in [0.717, 1.165) is 6.42 Å². The van der Waals surface area contributed by atoms with Crippen LogP contribution in [-0.2, 0) is 4.74 Å². The molecule has 0 N–H and O–H groups in total. The van der Waals surface area contributed by atoms with Crippen molar-refractivity contribution < 1.29 is 9.53 Å². The third kappa shape index (κ3) is 2.52. The van der Waals surface area contributed by atoms with E-state index in [1.54, 1.807) is 35.9 Å². The van der Waals surface area contributed by atoms with Gasteiger partial charge in [-0.25, -0.2) is 4.79 Å². The molecule has 1 atom stereocenters. The number of nitrogens with zero attached hydrogens (tertiary/aromatic N) is 1. The second-order valence-electron chi connectivity index (χ2n) is 2.51. The second-order valence-corrected chi connectivity index (χ2v) is 3.59. The summed E-state index contributed by atoms with van der Waals surface area (Å²) in [7, 11) is 0. The van der Waals surface area contributed by atoms with Crippen molar-refractivity contribution in [2.24, 2.45) is 0 Å². The third-order valence-corrected chi connectivity index (χ3v) is 2.63. The number of hydrogen-bond acceptors (Lipinski definition) is 3. The Bertz CT molecular complexity index is 228. The van der Waals surface area contributed by atoms with Crippen LogP contribution >= 0.6 is 11.8 Å². The van der Waals surface area contributed by atoms with Crippen LogP contribution in [0, 0.1) is 0 Å². The number of thioether (sulfide) groups is 1. The Kier molecular flexibility index (Phi) is 3.89. The first-order valence-electron chi connectivity index (χ1n) is 4.17. The molecule has 13 heavy (non-hydrogen) atoms. The van der Waals surface area contributed by atoms with Gasteiger partial charge in [0.05, 0.1) is 12.0 Å². The Morgan fingerprint density at radius 1 is 1.85 bits per heavy atom. The van der Waals surface area contributed by atoms with Crippen LogP contribution in [0.25, 0.3) is 0 Å². The summed E-state index contributed by atoms with van der Waals surface area (Å²) in [6, 6.07) is 0. The molecular weight excluding hydrogens is 186 g/mol. The molecule has 0 radical (unpaired) electrons. The smallest absolute Gasteiger partial charge is 0.414 e. The Labute approximate surface area is 82.4 Å². The fourth-order valence-electron chi connectivity index (χ4n) is 1.04. The predicted molar refractivity (Wildman–Crippen MR) is 54.2 cm³/mol. The van der Waals surface area contributed by atoms with Gasteiger partial charge < -0.3 is 4.74 Å². The van der Waals surface area contributed by atoms with Gasteiger partial charge in [0.2, 0.25) is 0 Å². The topological polar surface area (TPSA) is 29.5 Å². The third-order valence-electron chi connectivity index (χ3n) is 1.61.